The third kappa shape index (κ3) is 2.24. The molecule has 1 aromatic rings. The van der Waals surface area contributed by atoms with Crippen LogP contribution < -0.4 is 4.90 Å². The van der Waals surface area contributed by atoms with Crippen LogP contribution in [0.4, 0.5) is 10.5 Å². The largest absolute Gasteiger partial charge is 0.394 e. The Balaban J connectivity index is 2.53. The van der Waals surface area contributed by atoms with Gasteiger partial charge in [0, 0.05) is 6.54 Å². The van der Waals surface area contributed by atoms with Gasteiger partial charge in [-0.25, -0.2) is 9.69 Å². The van der Waals surface area contributed by atoms with Gasteiger partial charge < -0.3 is 10.0 Å². The van der Waals surface area contributed by atoms with Gasteiger partial charge in [-0.2, -0.15) is 5.26 Å². The topological polar surface area (TPSA) is 84.6 Å². The molecule has 0 unspecified atom stereocenters. The monoisotopic (exact) mass is 307 g/mol. The summed E-state index contributed by atoms with van der Waals surface area (Å²) in [6.45, 7) is 3.25. The lowest BCUT2D eigenvalue weighted by Crippen LogP contribution is -2.37. The van der Waals surface area contributed by atoms with Gasteiger partial charge in [-0.15, -0.1) is 0 Å². The number of urea groups is 1. The van der Waals surface area contributed by atoms with Gasteiger partial charge in [0.15, 0.2) is 0 Å². The van der Waals surface area contributed by atoms with Gasteiger partial charge in [-0.3, -0.25) is 4.79 Å². The van der Waals surface area contributed by atoms with Crippen LogP contribution in [0.1, 0.15) is 18.1 Å². The standard InChI is InChI=1S/C14H14ClN3O3/c1-3-17-11(7-19)13(20)18(14(17)21)10-5-4-9(6-16)12(15)8(10)2/h4-5,11,19H,3,7H2,1-2H3/t11-/m0/s1. The van der Waals surface area contributed by atoms with E-state index < -0.39 is 24.6 Å². The second-order valence-electron chi connectivity index (χ2n) is 4.62. The van der Waals surface area contributed by atoms with Gasteiger partial charge in [0.25, 0.3) is 5.91 Å². The Labute approximate surface area is 127 Å². The van der Waals surface area contributed by atoms with Gasteiger partial charge in [-0.1, -0.05) is 11.6 Å². The van der Waals surface area contributed by atoms with Crippen molar-refractivity contribution in [3.63, 3.8) is 0 Å². The van der Waals surface area contributed by atoms with Crippen molar-refractivity contribution in [3.8, 4) is 6.07 Å². The molecule has 1 aliphatic rings. The van der Waals surface area contributed by atoms with E-state index in [1.54, 1.807) is 13.8 Å². The number of likely N-dealkylation sites (N-methyl/N-ethyl adjacent to an activating group) is 1. The predicted molar refractivity (Wildman–Crippen MR) is 77.0 cm³/mol. The molecule has 1 atom stereocenters. The Bertz CT molecular complexity index is 632. The number of amides is 3. The Morgan fingerprint density at radius 1 is 1.43 bits per heavy atom. The first-order valence-corrected chi connectivity index (χ1v) is 6.80. The van der Waals surface area contributed by atoms with Crippen molar-refractivity contribution < 1.29 is 14.7 Å². The number of carbonyl (C=O) groups excluding carboxylic acids is 2. The van der Waals surface area contributed by atoms with E-state index in [0.29, 0.717) is 17.8 Å². The Morgan fingerprint density at radius 2 is 2.10 bits per heavy atom. The van der Waals surface area contributed by atoms with Crippen molar-refractivity contribution in [2.45, 2.75) is 19.9 Å². The van der Waals surface area contributed by atoms with E-state index in [2.05, 4.69) is 0 Å². The number of aliphatic hydroxyl groups is 1. The van der Waals surface area contributed by atoms with Crippen LogP contribution in [0.3, 0.4) is 0 Å². The van der Waals surface area contributed by atoms with E-state index in [0.717, 1.165) is 4.90 Å². The molecule has 6 nitrogen and oxygen atoms in total. The maximum absolute atomic E-state index is 12.3. The van der Waals surface area contributed by atoms with Gasteiger partial charge in [-0.05, 0) is 31.5 Å². The number of imide groups is 1. The summed E-state index contributed by atoms with van der Waals surface area (Å²) in [5.74, 6) is -0.492. The van der Waals surface area contributed by atoms with Gasteiger partial charge in [0.1, 0.15) is 12.1 Å². The molecule has 0 aromatic heterocycles. The number of aliphatic hydroxyl groups excluding tert-OH is 1. The predicted octanol–water partition coefficient (Wildman–Crippen LogP) is 1.67. The maximum Gasteiger partial charge on any atom is 0.332 e. The van der Waals surface area contributed by atoms with Crippen LogP contribution >= 0.6 is 11.6 Å². The van der Waals surface area contributed by atoms with Crippen molar-refractivity contribution in [1.82, 2.24) is 4.90 Å². The van der Waals surface area contributed by atoms with Crippen LogP contribution in [0.15, 0.2) is 12.1 Å². The third-order valence-corrected chi connectivity index (χ3v) is 4.04. The van der Waals surface area contributed by atoms with E-state index in [-0.39, 0.29) is 10.6 Å². The molecule has 3 amide bonds. The van der Waals surface area contributed by atoms with Gasteiger partial charge >= 0.3 is 6.03 Å². The number of nitrogens with zero attached hydrogens (tertiary/aromatic N) is 3. The number of hydrogen-bond acceptors (Lipinski definition) is 4. The first-order chi connectivity index (χ1) is 9.97. The summed E-state index contributed by atoms with van der Waals surface area (Å²) >= 11 is 6.08. The normalized spacial score (nSPS) is 18.3. The first kappa shape index (κ1) is 15.3. The average Bonchev–Trinajstić information content (AvgIpc) is 2.72. The average molecular weight is 308 g/mol. The minimum Gasteiger partial charge on any atom is -0.394 e. The molecule has 0 spiro atoms. The Morgan fingerprint density at radius 3 is 2.57 bits per heavy atom. The molecular weight excluding hydrogens is 294 g/mol. The molecule has 1 heterocycles. The molecule has 1 fully saturated rings. The zero-order valence-electron chi connectivity index (χ0n) is 11.6. The summed E-state index contributed by atoms with van der Waals surface area (Å²) in [4.78, 5) is 27.0. The SMILES string of the molecule is CCN1C(=O)N(c2ccc(C#N)c(Cl)c2C)C(=O)[C@@H]1CO. The van der Waals surface area contributed by atoms with Crippen LogP contribution in [0.25, 0.3) is 0 Å². The number of halogens is 1. The van der Waals surface area contributed by atoms with E-state index in [4.69, 9.17) is 16.9 Å². The third-order valence-electron chi connectivity index (χ3n) is 3.55. The number of rotatable bonds is 3. The fourth-order valence-electron chi connectivity index (χ4n) is 2.40. The molecule has 21 heavy (non-hydrogen) atoms. The van der Waals surface area contributed by atoms with Crippen LogP contribution in [-0.2, 0) is 4.79 Å². The van der Waals surface area contributed by atoms with Gasteiger partial charge in [0.05, 0.1) is 22.9 Å². The van der Waals surface area contributed by atoms with E-state index in [1.807, 2.05) is 6.07 Å². The maximum atomic E-state index is 12.3. The Hall–Kier alpha value is -2.10. The van der Waals surface area contributed by atoms with Crippen molar-refractivity contribution >= 4 is 29.2 Å². The lowest BCUT2D eigenvalue weighted by Gasteiger charge is -2.19. The molecule has 1 saturated heterocycles. The molecule has 1 aliphatic heterocycles. The summed E-state index contributed by atoms with van der Waals surface area (Å²) < 4.78 is 0. The molecule has 1 N–H and O–H groups in total. The lowest BCUT2D eigenvalue weighted by molar-refractivity contribution is -0.120. The van der Waals surface area contributed by atoms with Crippen molar-refractivity contribution in [2.75, 3.05) is 18.1 Å². The highest BCUT2D eigenvalue weighted by Gasteiger charge is 2.45. The first-order valence-electron chi connectivity index (χ1n) is 6.42. The highest BCUT2D eigenvalue weighted by atomic mass is 35.5. The zero-order valence-corrected chi connectivity index (χ0v) is 12.4. The molecular formula is C14H14ClN3O3. The van der Waals surface area contributed by atoms with Crippen molar-refractivity contribution in [2.24, 2.45) is 0 Å². The van der Waals surface area contributed by atoms with Crippen LogP contribution in [-0.4, -0.2) is 41.1 Å². The summed E-state index contributed by atoms with van der Waals surface area (Å²) in [7, 11) is 0. The van der Waals surface area contributed by atoms with Crippen LogP contribution in [0, 0.1) is 18.3 Å². The highest BCUT2D eigenvalue weighted by molar-refractivity contribution is 6.33. The Kier molecular flexibility index (Phi) is 4.16. The summed E-state index contributed by atoms with van der Waals surface area (Å²) in [5.41, 5.74) is 1.10. The van der Waals surface area contributed by atoms with Crippen LogP contribution in [0.5, 0.6) is 0 Å². The molecule has 0 saturated carbocycles. The molecule has 1 aromatic carbocycles. The number of benzene rings is 1. The molecule has 0 aliphatic carbocycles. The number of hydrogen-bond donors (Lipinski definition) is 1. The van der Waals surface area contributed by atoms with E-state index in [9.17, 15) is 14.7 Å². The minimum atomic E-state index is -0.878. The van der Waals surface area contributed by atoms with Crippen molar-refractivity contribution in [1.29, 1.82) is 5.26 Å². The smallest absolute Gasteiger partial charge is 0.332 e. The molecule has 2 rings (SSSR count). The molecule has 110 valence electrons. The quantitative estimate of drug-likeness (QED) is 0.861. The summed E-state index contributed by atoms with van der Waals surface area (Å²) in [6.07, 6.45) is 0. The number of nitriles is 1. The summed E-state index contributed by atoms with van der Waals surface area (Å²) in [5, 5.41) is 18.5. The summed E-state index contributed by atoms with van der Waals surface area (Å²) in [6, 6.07) is 3.56. The molecule has 0 bridgehead atoms. The van der Waals surface area contributed by atoms with Crippen LogP contribution in [0.2, 0.25) is 5.02 Å². The zero-order chi connectivity index (χ0) is 15.7. The second-order valence-corrected chi connectivity index (χ2v) is 5.00. The molecule has 0 radical (unpaired) electrons. The van der Waals surface area contributed by atoms with Gasteiger partial charge in [0.2, 0.25) is 0 Å². The van der Waals surface area contributed by atoms with Crippen molar-refractivity contribution in [3.05, 3.63) is 28.3 Å². The highest BCUT2D eigenvalue weighted by Crippen LogP contribution is 2.33. The van der Waals surface area contributed by atoms with E-state index >= 15 is 0 Å². The number of carbonyl (C=O) groups is 2. The second kappa shape index (κ2) is 5.72. The number of anilines is 1. The lowest BCUT2D eigenvalue weighted by atomic mass is 10.1. The molecule has 7 heteroatoms. The fraction of sp³-hybridized carbons (Fsp3) is 0.357. The minimum absolute atomic E-state index is 0.214. The van der Waals surface area contributed by atoms with E-state index in [1.165, 1.54) is 17.0 Å². The fourth-order valence-corrected chi connectivity index (χ4v) is 2.60.